The lowest BCUT2D eigenvalue weighted by atomic mass is 10.1. The van der Waals surface area contributed by atoms with Crippen LogP contribution in [-0.4, -0.2) is 17.7 Å². The van der Waals surface area contributed by atoms with Gasteiger partial charge in [-0.2, -0.15) is 0 Å². The number of benzene rings is 1. The summed E-state index contributed by atoms with van der Waals surface area (Å²) in [4.78, 5) is 10.6. The van der Waals surface area contributed by atoms with Gasteiger partial charge in [0.1, 0.15) is 5.75 Å². The summed E-state index contributed by atoms with van der Waals surface area (Å²) in [6.45, 7) is 2.46. The van der Waals surface area contributed by atoms with E-state index >= 15 is 0 Å². The zero-order valence-corrected chi connectivity index (χ0v) is 15.7. The Kier molecular flexibility index (Phi) is 12.4. The van der Waals surface area contributed by atoms with E-state index < -0.39 is 5.97 Å². The van der Waals surface area contributed by atoms with Crippen molar-refractivity contribution in [2.75, 3.05) is 6.61 Å². The predicted octanol–water partition coefficient (Wildman–Crippen LogP) is 6.47. The van der Waals surface area contributed by atoms with Crippen LogP contribution in [-0.2, 0) is 4.79 Å². The molecule has 1 N–H and O–H groups in total. The SMILES string of the molecule is CCCCCCCCCCC/C=C\c1ccccc1OCCC(=O)O. The maximum Gasteiger partial charge on any atom is 0.306 e. The number of rotatable bonds is 15. The van der Waals surface area contributed by atoms with Gasteiger partial charge < -0.3 is 9.84 Å². The van der Waals surface area contributed by atoms with Gasteiger partial charge in [0, 0.05) is 5.56 Å². The van der Waals surface area contributed by atoms with E-state index in [4.69, 9.17) is 9.84 Å². The van der Waals surface area contributed by atoms with Crippen LogP contribution in [0.4, 0.5) is 0 Å². The Balaban J connectivity index is 2.16. The minimum Gasteiger partial charge on any atom is -0.492 e. The molecule has 1 aromatic carbocycles. The van der Waals surface area contributed by atoms with Crippen LogP contribution in [0.5, 0.6) is 5.75 Å². The van der Waals surface area contributed by atoms with Crippen molar-refractivity contribution in [1.82, 2.24) is 0 Å². The second-order valence-corrected chi connectivity index (χ2v) is 6.55. The van der Waals surface area contributed by atoms with E-state index in [1.54, 1.807) is 0 Å². The van der Waals surface area contributed by atoms with Crippen LogP contribution >= 0.6 is 0 Å². The van der Waals surface area contributed by atoms with Crippen molar-refractivity contribution in [3.8, 4) is 5.75 Å². The fourth-order valence-electron chi connectivity index (χ4n) is 2.78. The highest BCUT2D eigenvalue weighted by Crippen LogP contribution is 2.20. The van der Waals surface area contributed by atoms with Gasteiger partial charge >= 0.3 is 5.97 Å². The quantitative estimate of drug-likeness (QED) is 0.370. The maximum absolute atomic E-state index is 10.6. The fourth-order valence-corrected chi connectivity index (χ4v) is 2.78. The summed E-state index contributed by atoms with van der Waals surface area (Å²) >= 11 is 0. The zero-order chi connectivity index (χ0) is 18.2. The predicted molar refractivity (Wildman–Crippen MR) is 105 cm³/mol. The van der Waals surface area contributed by atoms with Crippen molar-refractivity contribution in [2.24, 2.45) is 0 Å². The standard InChI is InChI=1S/C22H34O3/c1-2-3-4-5-6-7-8-9-10-11-12-15-20-16-13-14-17-21(20)25-19-18-22(23)24/h12-17H,2-11,18-19H2,1H3,(H,23,24)/b15-12-. The van der Waals surface area contributed by atoms with Crippen LogP contribution in [0.3, 0.4) is 0 Å². The van der Waals surface area contributed by atoms with Crippen LogP contribution in [0, 0.1) is 0 Å². The first-order chi connectivity index (χ1) is 12.2. The average molecular weight is 347 g/mol. The molecule has 0 spiro atoms. The molecule has 25 heavy (non-hydrogen) atoms. The second-order valence-electron chi connectivity index (χ2n) is 6.55. The average Bonchev–Trinajstić information content (AvgIpc) is 2.60. The first-order valence-corrected chi connectivity index (χ1v) is 9.84. The Hall–Kier alpha value is -1.77. The Morgan fingerprint density at radius 1 is 1.00 bits per heavy atom. The van der Waals surface area contributed by atoms with Crippen molar-refractivity contribution < 1.29 is 14.6 Å². The van der Waals surface area contributed by atoms with Crippen molar-refractivity contribution >= 4 is 12.0 Å². The highest BCUT2D eigenvalue weighted by atomic mass is 16.5. The van der Waals surface area contributed by atoms with Gasteiger partial charge in [0.25, 0.3) is 0 Å². The van der Waals surface area contributed by atoms with Crippen LogP contribution in [0.2, 0.25) is 0 Å². The molecule has 0 radical (unpaired) electrons. The second kappa shape index (κ2) is 14.6. The topological polar surface area (TPSA) is 46.5 Å². The van der Waals surface area contributed by atoms with Crippen molar-refractivity contribution in [3.05, 3.63) is 35.9 Å². The molecule has 3 nitrogen and oxygen atoms in total. The summed E-state index contributed by atoms with van der Waals surface area (Å²) in [7, 11) is 0. The number of carboxylic acids is 1. The molecule has 0 fully saturated rings. The summed E-state index contributed by atoms with van der Waals surface area (Å²) in [5.41, 5.74) is 1.02. The van der Waals surface area contributed by atoms with E-state index in [-0.39, 0.29) is 13.0 Å². The molecule has 0 saturated carbocycles. The molecule has 0 amide bonds. The molecule has 0 aliphatic heterocycles. The number of hydrogen-bond donors (Lipinski definition) is 1. The lowest BCUT2D eigenvalue weighted by Gasteiger charge is -2.07. The molecule has 0 heterocycles. The number of allylic oxidation sites excluding steroid dienone is 1. The molecule has 1 aromatic rings. The van der Waals surface area contributed by atoms with E-state index in [0.717, 1.165) is 17.7 Å². The van der Waals surface area contributed by atoms with E-state index in [1.807, 2.05) is 24.3 Å². The van der Waals surface area contributed by atoms with Gasteiger partial charge in [-0.25, -0.2) is 0 Å². The molecule has 0 unspecified atom stereocenters. The number of para-hydroxylation sites is 1. The molecule has 1 rings (SSSR count). The Bertz CT molecular complexity index is 494. The molecule has 0 aliphatic carbocycles. The first-order valence-electron chi connectivity index (χ1n) is 9.84. The van der Waals surface area contributed by atoms with Gasteiger partial charge in [0.05, 0.1) is 13.0 Å². The number of carboxylic acid groups (broad SMARTS) is 1. The number of hydrogen-bond acceptors (Lipinski definition) is 2. The van der Waals surface area contributed by atoms with Crippen molar-refractivity contribution in [3.63, 3.8) is 0 Å². The summed E-state index contributed by atoms with van der Waals surface area (Å²) in [5.74, 6) is -0.0783. The van der Waals surface area contributed by atoms with E-state index in [0.29, 0.717) is 0 Å². The Labute approximate surface area is 153 Å². The lowest BCUT2D eigenvalue weighted by molar-refractivity contribution is -0.137. The largest absolute Gasteiger partial charge is 0.492 e. The third kappa shape index (κ3) is 11.4. The molecule has 3 heteroatoms. The smallest absolute Gasteiger partial charge is 0.306 e. The number of aliphatic carboxylic acids is 1. The third-order valence-electron chi connectivity index (χ3n) is 4.26. The molecule has 0 atom stereocenters. The third-order valence-corrected chi connectivity index (χ3v) is 4.26. The highest BCUT2D eigenvalue weighted by Gasteiger charge is 2.01. The molecule has 0 saturated heterocycles. The normalized spacial score (nSPS) is 11.1. The van der Waals surface area contributed by atoms with Crippen molar-refractivity contribution in [1.29, 1.82) is 0 Å². The van der Waals surface area contributed by atoms with E-state index in [1.165, 1.54) is 57.8 Å². The lowest BCUT2D eigenvalue weighted by Crippen LogP contribution is -2.05. The maximum atomic E-state index is 10.6. The molecular formula is C22H34O3. The molecular weight excluding hydrogens is 312 g/mol. The Morgan fingerprint density at radius 3 is 2.32 bits per heavy atom. The minimum absolute atomic E-state index is 0.0243. The van der Waals surface area contributed by atoms with E-state index in [2.05, 4.69) is 19.1 Å². The van der Waals surface area contributed by atoms with Crippen LogP contribution in [0.25, 0.3) is 6.08 Å². The molecule has 140 valence electrons. The van der Waals surface area contributed by atoms with Gasteiger partial charge in [-0.1, -0.05) is 88.6 Å². The van der Waals surface area contributed by atoms with Gasteiger partial charge in [-0.05, 0) is 18.9 Å². The van der Waals surface area contributed by atoms with Gasteiger partial charge in [0.2, 0.25) is 0 Å². The first kappa shape index (κ1) is 21.3. The van der Waals surface area contributed by atoms with Crippen LogP contribution in [0.15, 0.2) is 30.3 Å². The number of unbranched alkanes of at least 4 members (excludes halogenated alkanes) is 9. The monoisotopic (exact) mass is 346 g/mol. The van der Waals surface area contributed by atoms with Gasteiger partial charge in [-0.15, -0.1) is 0 Å². The summed E-state index contributed by atoms with van der Waals surface area (Å²) < 4.78 is 5.57. The molecule has 0 bridgehead atoms. The summed E-state index contributed by atoms with van der Waals surface area (Å²) in [6.07, 6.45) is 17.5. The summed E-state index contributed by atoms with van der Waals surface area (Å²) in [5, 5.41) is 8.68. The Morgan fingerprint density at radius 2 is 1.64 bits per heavy atom. The van der Waals surface area contributed by atoms with Crippen molar-refractivity contribution in [2.45, 2.75) is 77.6 Å². The fraction of sp³-hybridized carbons (Fsp3) is 0.591. The molecule has 0 aromatic heterocycles. The van der Waals surface area contributed by atoms with E-state index in [9.17, 15) is 4.79 Å². The van der Waals surface area contributed by atoms with Crippen LogP contribution < -0.4 is 4.74 Å². The van der Waals surface area contributed by atoms with Crippen LogP contribution in [0.1, 0.15) is 83.1 Å². The number of ether oxygens (including phenoxy) is 1. The number of carbonyl (C=O) groups is 1. The highest BCUT2D eigenvalue weighted by molar-refractivity contribution is 5.66. The minimum atomic E-state index is -0.835. The zero-order valence-electron chi connectivity index (χ0n) is 15.7. The van der Waals surface area contributed by atoms with Gasteiger partial charge in [-0.3, -0.25) is 4.79 Å². The molecule has 0 aliphatic rings. The van der Waals surface area contributed by atoms with Gasteiger partial charge in [0.15, 0.2) is 0 Å². The summed E-state index contributed by atoms with van der Waals surface area (Å²) in [6, 6.07) is 7.78.